The van der Waals surface area contributed by atoms with Crippen LogP contribution in [0.25, 0.3) is 0 Å². The number of rotatable bonds is 0. The van der Waals surface area contributed by atoms with E-state index in [1.165, 1.54) is 6.07 Å². The zero-order chi connectivity index (χ0) is 17.6. The Kier molecular flexibility index (Phi) is 5.08. The molecule has 0 atom stereocenters. The second-order valence-corrected chi connectivity index (χ2v) is 5.44. The predicted molar refractivity (Wildman–Crippen MR) is 102 cm³/mol. The second-order valence-electron chi connectivity index (χ2n) is 5.44. The molecule has 3 heteroatoms. The fourth-order valence-corrected chi connectivity index (χ4v) is 2.11. The van der Waals surface area contributed by atoms with Crippen molar-refractivity contribution in [3.63, 3.8) is 0 Å². The molecule has 0 aliphatic rings. The molecule has 0 heterocycles. The first-order chi connectivity index (χ1) is 12.1. The van der Waals surface area contributed by atoms with Crippen LogP contribution in [0, 0.1) is 29.5 Å². The van der Waals surface area contributed by atoms with Crippen molar-refractivity contribution in [2.24, 2.45) is 0 Å². The summed E-state index contributed by atoms with van der Waals surface area (Å²) in [5, 5.41) is 0. The van der Waals surface area contributed by atoms with E-state index in [0.29, 0.717) is 22.1 Å². The van der Waals surface area contributed by atoms with E-state index in [0.717, 1.165) is 11.1 Å². The summed E-state index contributed by atoms with van der Waals surface area (Å²) >= 11 is 0. The summed E-state index contributed by atoms with van der Waals surface area (Å²) in [6.45, 7) is 0. The Balaban J connectivity index is 1.80. The van der Waals surface area contributed by atoms with Gasteiger partial charge < -0.3 is 0 Å². The number of halogens is 1. The van der Waals surface area contributed by atoms with E-state index in [1.807, 2.05) is 12.1 Å². The molecule has 0 spiro atoms. The lowest BCUT2D eigenvalue weighted by molar-refractivity contribution is 0.624. The van der Waals surface area contributed by atoms with E-state index < -0.39 is 5.82 Å². The first-order valence-electron chi connectivity index (χ1n) is 7.65. The maximum Gasteiger partial charge on any atom is 0.140 e. The van der Waals surface area contributed by atoms with Crippen LogP contribution in [-0.4, -0.2) is 15.7 Å². The molecular weight excluding hydrogens is 305 g/mol. The molecule has 0 saturated carbocycles. The SMILES string of the molecule is [B]c1ccc(C#Cc2ccc(C#Cc3ccc([B])cc3)c(F)c2)cc1. The third-order valence-electron chi connectivity index (χ3n) is 3.48. The second kappa shape index (κ2) is 7.61. The van der Waals surface area contributed by atoms with Gasteiger partial charge in [-0.05, 0) is 42.5 Å². The van der Waals surface area contributed by atoms with E-state index in [-0.39, 0.29) is 0 Å². The summed E-state index contributed by atoms with van der Waals surface area (Å²) in [5.41, 5.74) is 3.87. The van der Waals surface area contributed by atoms with Gasteiger partial charge in [0.1, 0.15) is 21.5 Å². The van der Waals surface area contributed by atoms with Crippen LogP contribution < -0.4 is 10.9 Å². The summed E-state index contributed by atoms with van der Waals surface area (Å²) in [6, 6.07) is 19.1. The molecular formula is C22H11B2F. The van der Waals surface area contributed by atoms with E-state index in [2.05, 4.69) is 23.7 Å². The highest BCUT2D eigenvalue weighted by molar-refractivity contribution is 6.32. The number of hydrogen-bond donors (Lipinski definition) is 0. The smallest absolute Gasteiger partial charge is 0.140 e. The molecule has 0 nitrogen and oxygen atoms in total. The Morgan fingerprint density at radius 3 is 1.52 bits per heavy atom. The summed E-state index contributed by atoms with van der Waals surface area (Å²) in [4.78, 5) is 0. The third-order valence-corrected chi connectivity index (χ3v) is 3.48. The predicted octanol–water partition coefficient (Wildman–Crippen LogP) is 2.21. The molecule has 0 unspecified atom stereocenters. The van der Waals surface area contributed by atoms with Gasteiger partial charge >= 0.3 is 0 Å². The molecule has 0 aromatic heterocycles. The Labute approximate surface area is 149 Å². The monoisotopic (exact) mass is 316 g/mol. The fourth-order valence-electron chi connectivity index (χ4n) is 2.11. The lowest BCUT2D eigenvalue weighted by atomic mass is 9.95. The maximum atomic E-state index is 14.2. The average Bonchev–Trinajstić information content (AvgIpc) is 2.62. The lowest BCUT2D eigenvalue weighted by Gasteiger charge is -1.97. The minimum atomic E-state index is -0.396. The Bertz CT molecular complexity index is 1010. The average molecular weight is 316 g/mol. The Morgan fingerprint density at radius 1 is 0.560 bits per heavy atom. The van der Waals surface area contributed by atoms with Crippen molar-refractivity contribution in [1.82, 2.24) is 0 Å². The molecule has 0 aliphatic carbocycles. The molecule has 0 aliphatic heterocycles. The van der Waals surface area contributed by atoms with Crippen LogP contribution in [0.3, 0.4) is 0 Å². The van der Waals surface area contributed by atoms with Crippen molar-refractivity contribution in [3.05, 3.63) is 94.8 Å². The van der Waals surface area contributed by atoms with Crippen LogP contribution in [0.4, 0.5) is 4.39 Å². The molecule has 0 amide bonds. The maximum absolute atomic E-state index is 14.2. The summed E-state index contributed by atoms with van der Waals surface area (Å²) < 4.78 is 14.2. The van der Waals surface area contributed by atoms with Crippen molar-refractivity contribution in [1.29, 1.82) is 0 Å². The third kappa shape index (κ3) is 4.66. The van der Waals surface area contributed by atoms with Gasteiger partial charge in [-0.1, -0.05) is 58.9 Å². The van der Waals surface area contributed by atoms with E-state index >= 15 is 0 Å². The zero-order valence-electron chi connectivity index (χ0n) is 13.4. The van der Waals surface area contributed by atoms with Gasteiger partial charge in [-0.15, -0.1) is 0 Å². The molecule has 3 aromatic rings. The van der Waals surface area contributed by atoms with Crippen LogP contribution in [0.1, 0.15) is 22.3 Å². The van der Waals surface area contributed by atoms with Crippen LogP contribution >= 0.6 is 0 Å². The molecule has 25 heavy (non-hydrogen) atoms. The van der Waals surface area contributed by atoms with Gasteiger partial charge in [0.15, 0.2) is 0 Å². The summed E-state index contributed by atoms with van der Waals surface area (Å²) in [7, 11) is 11.3. The lowest BCUT2D eigenvalue weighted by Crippen LogP contribution is -1.99. The van der Waals surface area contributed by atoms with Crippen molar-refractivity contribution < 1.29 is 4.39 Å². The number of hydrogen-bond acceptors (Lipinski definition) is 0. The number of benzene rings is 3. The minimum absolute atomic E-state index is 0.329. The van der Waals surface area contributed by atoms with Gasteiger partial charge in [0.05, 0.1) is 5.56 Å². The van der Waals surface area contributed by atoms with E-state index in [4.69, 9.17) is 15.7 Å². The quantitative estimate of drug-likeness (QED) is 0.441. The highest BCUT2D eigenvalue weighted by Gasteiger charge is 1.99. The molecule has 4 radical (unpaired) electrons. The van der Waals surface area contributed by atoms with Crippen LogP contribution in [0.15, 0.2) is 66.7 Å². The van der Waals surface area contributed by atoms with Crippen molar-refractivity contribution in [2.45, 2.75) is 0 Å². The van der Waals surface area contributed by atoms with Crippen molar-refractivity contribution in [2.75, 3.05) is 0 Å². The molecule has 0 N–H and O–H groups in total. The van der Waals surface area contributed by atoms with Gasteiger partial charge in [-0.25, -0.2) is 4.39 Å². The standard InChI is InChI=1S/C22H11B2F/c23-20-11-5-16(6-12-20)1-2-18-4-10-19(22(25)15-18)9-3-17-7-13-21(24)14-8-17/h4-8,10-15H. The van der Waals surface area contributed by atoms with Crippen LogP contribution in [0.2, 0.25) is 0 Å². The largest absolute Gasteiger partial charge is 0.206 e. The fraction of sp³-hybridized carbons (Fsp3) is 0. The molecule has 0 fully saturated rings. The molecule has 0 bridgehead atoms. The normalized spacial score (nSPS) is 9.48. The van der Waals surface area contributed by atoms with Crippen molar-refractivity contribution >= 4 is 26.6 Å². The highest BCUT2D eigenvalue weighted by atomic mass is 19.1. The van der Waals surface area contributed by atoms with E-state index in [9.17, 15) is 4.39 Å². The summed E-state index contributed by atoms with van der Waals surface area (Å²) in [5.74, 6) is 11.3. The van der Waals surface area contributed by atoms with Crippen LogP contribution in [-0.2, 0) is 0 Å². The Hall–Kier alpha value is -3.16. The summed E-state index contributed by atoms with van der Waals surface area (Å²) in [6.07, 6.45) is 0. The van der Waals surface area contributed by atoms with Crippen LogP contribution in [0.5, 0.6) is 0 Å². The molecule has 0 saturated heterocycles. The molecule has 112 valence electrons. The van der Waals surface area contributed by atoms with Crippen molar-refractivity contribution in [3.8, 4) is 23.7 Å². The molecule has 3 aromatic carbocycles. The van der Waals surface area contributed by atoms with Gasteiger partial charge in [-0.3, -0.25) is 0 Å². The zero-order valence-corrected chi connectivity index (χ0v) is 13.4. The topological polar surface area (TPSA) is 0 Å². The molecule has 3 rings (SSSR count). The van der Waals surface area contributed by atoms with E-state index in [1.54, 1.807) is 48.5 Å². The van der Waals surface area contributed by atoms with Gasteiger partial charge in [0.25, 0.3) is 0 Å². The first kappa shape index (κ1) is 16.7. The highest BCUT2D eigenvalue weighted by Crippen LogP contribution is 2.09. The van der Waals surface area contributed by atoms with Gasteiger partial charge in [0.2, 0.25) is 0 Å². The van der Waals surface area contributed by atoms with Gasteiger partial charge in [0, 0.05) is 16.7 Å². The first-order valence-corrected chi connectivity index (χ1v) is 7.65. The minimum Gasteiger partial charge on any atom is -0.206 e. The van der Waals surface area contributed by atoms with Gasteiger partial charge in [-0.2, -0.15) is 0 Å². The Morgan fingerprint density at radius 2 is 1.00 bits per heavy atom.